The van der Waals surface area contributed by atoms with Crippen molar-refractivity contribution < 1.29 is 14.3 Å². The van der Waals surface area contributed by atoms with Crippen molar-refractivity contribution in [1.82, 2.24) is 9.88 Å². The molecule has 1 amide bonds. The second kappa shape index (κ2) is 6.80. The van der Waals surface area contributed by atoms with Crippen molar-refractivity contribution in [3.05, 3.63) is 23.6 Å². The first-order chi connectivity index (χ1) is 12.5. The summed E-state index contributed by atoms with van der Waals surface area (Å²) >= 11 is 0. The topological polar surface area (TPSA) is 56.7 Å². The fraction of sp³-hybridized carbons (Fsp3) is 0.700. The van der Waals surface area contributed by atoms with Crippen molar-refractivity contribution in [2.24, 2.45) is 5.41 Å². The predicted molar refractivity (Wildman–Crippen MR) is 97.4 cm³/mol. The van der Waals surface area contributed by atoms with Gasteiger partial charge in [-0.05, 0) is 64.0 Å². The fourth-order valence-electron chi connectivity index (χ4n) is 5.00. The maximum Gasteiger partial charge on any atom is 0.230 e. The molecule has 4 rings (SSSR count). The number of halogens is 1. The van der Waals surface area contributed by atoms with Gasteiger partial charge in [-0.1, -0.05) is 0 Å². The summed E-state index contributed by atoms with van der Waals surface area (Å²) in [5.74, 6) is 0.309. The molecule has 2 saturated heterocycles. The van der Waals surface area contributed by atoms with Gasteiger partial charge < -0.3 is 14.9 Å². The highest BCUT2D eigenvalue weighted by Crippen LogP contribution is 2.43. The number of pyridine rings is 1. The highest BCUT2D eigenvalue weighted by Gasteiger charge is 2.51. The molecule has 3 aliphatic rings. The molecule has 26 heavy (non-hydrogen) atoms. The van der Waals surface area contributed by atoms with Crippen LogP contribution in [0.1, 0.15) is 50.6 Å². The van der Waals surface area contributed by atoms with Gasteiger partial charge in [-0.15, -0.1) is 0 Å². The van der Waals surface area contributed by atoms with Crippen LogP contribution in [0.25, 0.3) is 0 Å². The van der Waals surface area contributed by atoms with Gasteiger partial charge >= 0.3 is 0 Å². The Morgan fingerprint density at radius 1 is 1.19 bits per heavy atom. The van der Waals surface area contributed by atoms with E-state index < -0.39 is 5.41 Å². The maximum absolute atomic E-state index is 14.3. The van der Waals surface area contributed by atoms with Crippen molar-refractivity contribution in [2.45, 2.75) is 64.0 Å². The summed E-state index contributed by atoms with van der Waals surface area (Å²) in [7, 11) is 0. The zero-order chi connectivity index (χ0) is 18.3. The van der Waals surface area contributed by atoms with E-state index in [0.29, 0.717) is 12.4 Å². The molecule has 142 valence electrons. The molecule has 0 aromatic carbocycles. The largest absolute Gasteiger partial charge is 0.393 e. The lowest BCUT2D eigenvalue weighted by Gasteiger charge is -2.41. The van der Waals surface area contributed by atoms with Crippen LogP contribution < -0.4 is 4.90 Å². The van der Waals surface area contributed by atoms with Crippen molar-refractivity contribution in [3.63, 3.8) is 0 Å². The number of hydrogen-bond donors (Lipinski definition) is 1. The van der Waals surface area contributed by atoms with E-state index in [4.69, 9.17) is 0 Å². The van der Waals surface area contributed by atoms with E-state index in [0.717, 1.165) is 63.7 Å². The average molecular weight is 361 g/mol. The van der Waals surface area contributed by atoms with E-state index in [1.54, 1.807) is 6.07 Å². The Morgan fingerprint density at radius 2 is 1.96 bits per heavy atom. The van der Waals surface area contributed by atoms with E-state index in [1.165, 1.54) is 6.07 Å². The van der Waals surface area contributed by atoms with Gasteiger partial charge in [-0.25, -0.2) is 9.37 Å². The van der Waals surface area contributed by atoms with Gasteiger partial charge in [0.15, 0.2) is 11.6 Å². The van der Waals surface area contributed by atoms with E-state index in [-0.39, 0.29) is 23.9 Å². The number of nitrogens with zero attached hydrogens (tertiary/aromatic N) is 3. The number of aliphatic hydroxyl groups excluding tert-OH is 1. The van der Waals surface area contributed by atoms with Crippen LogP contribution in [0.4, 0.5) is 10.2 Å². The molecule has 0 bridgehead atoms. The minimum Gasteiger partial charge on any atom is -0.393 e. The van der Waals surface area contributed by atoms with Crippen molar-refractivity contribution >= 4 is 11.7 Å². The number of piperidine rings is 1. The quantitative estimate of drug-likeness (QED) is 0.880. The van der Waals surface area contributed by atoms with Gasteiger partial charge in [0.05, 0.1) is 11.5 Å². The van der Waals surface area contributed by atoms with E-state index in [1.807, 2.05) is 11.8 Å². The third-order valence-corrected chi connectivity index (χ3v) is 6.50. The monoisotopic (exact) mass is 361 g/mol. The SMILES string of the molecule is Cc1ccc(F)c(N2CCCC3(CCN(C4CCC(O)CC4)C3=O)C2)n1. The van der Waals surface area contributed by atoms with Crippen LogP contribution in [0.3, 0.4) is 0 Å². The minimum atomic E-state index is -0.397. The van der Waals surface area contributed by atoms with Crippen molar-refractivity contribution in [1.29, 1.82) is 0 Å². The Kier molecular flexibility index (Phi) is 4.63. The number of amides is 1. The zero-order valence-electron chi connectivity index (χ0n) is 15.5. The third kappa shape index (κ3) is 3.08. The van der Waals surface area contributed by atoms with Crippen LogP contribution in [0.5, 0.6) is 0 Å². The lowest BCUT2D eigenvalue weighted by atomic mass is 9.78. The van der Waals surface area contributed by atoms with Crippen LogP contribution in [-0.4, -0.2) is 52.7 Å². The smallest absolute Gasteiger partial charge is 0.230 e. The summed E-state index contributed by atoms with van der Waals surface area (Å²) in [6, 6.07) is 3.41. The van der Waals surface area contributed by atoms with Crippen LogP contribution in [0.15, 0.2) is 12.1 Å². The van der Waals surface area contributed by atoms with Gasteiger partial charge in [-0.2, -0.15) is 0 Å². The molecule has 1 aromatic rings. The van der Waals surface area contributed by atoms with E-state index in [2.05, 4.69) is 9.88 Å². The second-order valence-corrected chi connectivity index (χ2v) is 8.27. The highest BCUT2D eigenvalue weighted by atomic mass is 19.1. The average Bonchev–Trinajstić information content (AvgIpc) is 2.94. The lowest BCUT2D eigenvalue weighted by molar-refractivity contribution is -0.139. The number of carbonyl (C=O) groups excluding carboxylic acids is 1. The Morgan fingerprint density at radius 3 is 2.73 bits per heavy atom. The predicted octanol–water partition coefficient (Wildman–Crippen LogP) is 2.65. The van der Waals surface area contributed by atoms with Gasteiger partial charge in [0, 0.05) is 31.4 Å². The summed E-state index contributed by atoms with van der Waals surface area (Å²) in [6.45, 7) is 3.96. The number of aryl methyl sites for hydroxylation is 1. The normalized spacial score (nSPS) is 32.5. The van der Waals surface area contributed by atoms with Gasteiger partial charge in [0.25, 0.3) is 0 Å². The van der Waals surface area contributed by atoms with Crippen molar-refractivity contribution in [3.8, 4) is 0 Å². The molecule has 1 aromatic heterocycles. The molecule has 1 aliphatic carbocycles. The number of anilines is 1. The first kappa shape index (κ1) is 17.7. The first-order valence-corrected chi connectivity index (χ1v) is 9.86. The molecule has 1 saturated carbocycles. The summed E-state index contributed by atoms with van der Waals surface area (Å²) in [5.41, 5.74) is 0.396. The summed E-state index contributed by atoms with van der Waals surface area (Å²) < 4.78 is 14.3. The number of hydrogen-bond acceptors (Lipinski definition) is 4. The number of aliphatic hydroxyl groups is 1. The molecular weight excluding hydrogens is 333 g/mol. The molecule has 3 fully saturated rings. The van der Waals surface area contributed by atoms with Gasteiger partial charge in [0.1, 0.15) is 0 Å². The molecule has 5 nitrogen and oxygen atoms in total. The number of rotatable bonds is 2. The molecular formula is C20H28FN3O2. The van der Waals surface area contributed by atoms with Crippen LogP contribution >= 0.6 is 0 Å². The molecule has 1 unspecified atom stereocenters. The summed E-state index contributed by atoms with van der Waals surface area (Å²) in [6.07, 6.45) is 5.74. The zero-order valence-corrected chi connectivity index (χ0v) is 15.5. The number of likely N-dealkylation sites (tertiary alicyclic amines) is 1. The van der Waals surface area contributed by atoms with Crippen LogP contribution in [0.2, 0.25) is 0 Å². The van der Waals surface area contributed by atoms with Crippen LogP contribution in [-0.2, 0) is 4.79 Å². The Labute approximate surface area is 154 Å². The Bertz CT molecular complexity index is 690. The standard InChI is InChI=1S/C20H28FN3O2/c1-14-3-8-17(21)18(22-14)23-11-2-9-20(13-23)10-12-24(19(20)26)15-4-6-16(25)7-5-15/h3,8,15-16,25H,2,4-7,9-13H2,1H3. The Hall–Kier alpha value is -1.69. The molecule has 1 N–H and O–H groups in total. The molecule has 1 spiro atoms. The summed E-state index contributed by atoms with van der Waals surface area (Å²) in [4.78, 5) is 21.7. The third-order valence-electron chi connectivity index (χ3n) is 6.50. The minimum absolute atomic E-state index is 0.210. The maximum atomic E-state index is 14.3. The van der Waals surface area contributed by atoms with Crippen molar-refractivity contribution in [2.75, 3.05) is 24.5 Å². The van der Waals surface area contributed by atoms with Crippen LogP contribution in [0, 0.1) is 18.2 Å². The number of carbonyl (C=O) groups is 1. The van der Waals surface area contributed by atoms with Gasteiger partial charge in [0.2, 0.25) is 5.91 Å². The second-order valence-electron chi connectivity index (χ2n) is 8.27. The van der Waals surface area contributed by atoms with E-state index >= 15 is 0 Å². The Balaban J connectivity index is 1.51. The molecule has 0 radical (unpaired) electrons. The fourth-order valence-corrected chi connectivity index (χ4v) is 5.00. The van der Waals surface area contributed by atoms with Gasteiger partial charge in [-0.3, -0.25) is 4.79 Å². The summed E-state index contributed by atoms with van der Waals surface area (Å²) in [5, 5.41) is 9.73. The molecule has 1 atom stereocenters. The number of aromatic nitrogens is 1. The lowest BCUT2D eigenvalue weighted by Crippen LogP contribution is -2.50. The molecule has 2 aliphatic heterocycles. The highest BCUT2D eigenvalue weighted by molar-refractivity contribution is 5.86. The molecule has 6 heteroatoms. The van der Waals surface area contributed by atoms with E-state index in [9.17, 15) is 14.3 Å². The molecule has 3 heterocycles. The first-order valence-electron chi connectivity index (χ1n) is 9.86.